The number of nitrogens with zero attached hydrogens (tertiary/aromatic N) is 3. The second-order valence-corrected chi connectivity index (χ2v) is 4.39. The van der Waals surface area contributed by atoms with E-state index < -0.39 is 10.9 Å². The van der Waals surface area contributed by atoms with Crippen LogP contribution in [0.25, 0.3) is 0 Å². The Labute approximate surface area is 111 Å². The van der Waals surface area contributed by atoms with E-state index in [1.807, 2.05) is 0 Å². The number of carboxylic acid groups (broad SMARTS) is 1. The van der Waals surface area contributed by atoms with Crippen molar-refractivity contribution in [3.05, 3.63) is 52.3 Å². The smallest absolute Gasteiger partial charge is 0.335 e. The van der Waals surface area contributed by atoms with Gasteiger partial charge in [0.05, 0.1) is 15.4 Å². The first-order valence-corrected chi connectivity index (χ1v) is 5.86. The summed E-state index contributed by atoms with van der Waals surface area (Å²) in [6, 6.07) is 5.34. The molecule has 1 heterocycles. The lowest BCUT2D eigenvalue weighted by atomic mass is 10.2. The standard InChI is InChI=1S/C11H7N3O4S/c15-10(16)7-2-3-9(8(6-7)14(17)18)19-11-12-4-1-5-13-11/h1-6H,(H,15,16). The zero-order valence-electron chi connectivity index (χ0n) is 9.39. The summed E-state index contributed by atoms with van der Waals surface area (Å²) < 4.78 is 0. The Hall–Kier alpha value is -2.48. The zero-order chi connectivity index (χ0) is 13.8. The van der Waals surface area contributed by atoms with Gasteiger partial charge in [-0.1, -0.05) is 0 Å². The molecule has 0 fully saturated rings. The fourth-order valence-corrected chi connectivity index (χ4v) is 2.11. The minimum atomic E-state index is -1.21. The Balaban J connectivity index is 2.40. The van der Waals surface area contributed by atoms with Crippen LogP contribution in [-0.2, 0) is 0 Å². The molecule has 96 valence electrons. The third kappa shape index (κ3) is 3.05. The Bertz CT molecular complexity index is 633. The molecule has 7 nitrogen and oxygen atoms in total. The number of hydrogen-bond acceptors (Lipinski definition) is 6. The predicted molar refractivity (Wildman–Crippen MR) is 66.2 cm³/mol. The highest BCUT2D eigenvalue weighted by Gasteiger charge is 2.18. The summed E-state index contributed by atoms with van der Waals surface area (Å²) in [5.74, 6) is -1.21. The van der Waals surface area contributed by atoms with Crippen LogP contribution in [-0.4, -0.2) is 26.0 Å². The number of aromatic carboxylic acids is 1. The molecule has 0 spiro atoms. The van der Waals surface area contributed by atoms with Crippen molar-refractivity contribution >= 4 is 23.4 Å². The van der Waals surface area contributed by atoms with Gasteiger partial charge in [0.15, 0.2) is 5.16 Å². The van der Waals surface area contributed by atoms with Gasteiger partial charge in [0.2, 0.25) is 0 Å². The van der Waals surface area contributed by atoms with Gasteiger partial charge in [-0.25, -0.2) is 14.8 Å². The topological polar surface area (TPSA) is 106 Å². The van der Waals surface area contributed by atoms with Gasteiger partial charge in [-0.05, 0) is 30.0 Å². The number of aromatic nitrogens is 2. The fraction of sp³-hybridized carbons (Fsp3) is 0. The molecule has 2 rings (SSSR count). The molecule has 0 saturated heterocycles. The first kappa shape index (κ1) is 13.0. The normalized spacial score (nSPS) is 10.1. The molecule has 0 radical (unpaired) electrons. The summed E-state index contributed by atoms with van der Waals surface area (Å²) >= 11 is 1.01. The van der Waals surface area contributed by atoms with Gasteiger partial charge in [-0.2, -0.15) is 0 Å². The van der Waals surface area contributed by atoms with Crippen molar-refractivity contribution in [3.63, 3.8) is 0 Å². The van der Waals surface area contributed by atoms with Crippen molar-refractivity contribution in [1.29, 1.82) is 0 Å². The fourth-order valence-electron chi connectivity index (χ4n) is 1.32. The van der Waals surface area contributed by atoms with Crippen molar-refractivity contribution < 1.29 is 14.8 Å². The molecule has 0 atom stereocenters. The lowest BCUT2D eigenvalue weighted by Crippen LogP contribution is -1.99. The number of nitro groups is 1. The summed E-state index contributed by atoms with van der Waals surface area (Å²) in [4.78, 5) is 29.3. The molecule has 1 N–H and O–H groups in total. The Morgan fingerprint density at radius 3 is 2.58 bits per heavy atom. The maximum Gasteiger partial charge on any atom is 0.335 e. The van der Waals surface area contributed by atoms with Gasteiger partial charge in [-0.15, -0.1) is 0 Å². The summed E-state index contributed by atoms with van der Waals surface area (Å²) in [6.07, 6.45) is 3.04. The molecule has 0 amide bonds. The van der Waals surface area contributed by atoms with E-state index in [9.17, 15) is 14.9 Å². The molecule has 0 unspecified atom stereocenters. The molecule has 0 aliphatic rings. The van der Waals surface area contributed by atoms with Gasteiger partial charge in [-0.3, -0.25) is 10.1 Å². The molecule has 19 heavy (non-hydrogen) atoms. The molecule has 8 heteroatoms. The monoisotopic (exact) mass is 277 g/mol. The van der Waals surface area contributed by atoms with Gasteiger partial charge in [0, 0.05) is 18.5 Å². The Morgan fingerprint density at radius 1 is 1.32 bits per heavy atom. The van der Waals surface area contributed by atoms with E-state index in [0.717, 1.165) is 17.8 Å². The molecule has 1 aromatic carbocycles. The van der Waals surface area contributed by atoms with E-state index in [1.54, 1.807) is 6.07 Å². The van der Waals surface area contributed by atoms with Crippen LogP contribution in [0.5, 0.6) is 0 Å². The highest BCUT2D eigenvalue weighted by atomic mass is 32.2. The van der Waals surface area contributed by atoms with Gasteiger partial charge >= 0.3 is 5.97 Å². The molecule has 0 saturated carbocycles. The van der Waals surface area contributed by atoms with Crippen molar-refractivity contribution in [2.24, 2.45) is 0 Å². The predicted octanol–water partition coefficient (Wildman–Crippen LogP) is 2.23. The van der Waals surface area contributed by atoms with Crippen molar-refractivity contribution in [2.45, 2.75) is 10.1 Å². The molecule has 2 aromatic rings. The zero-order valence-corrected chi connectivity index (χ0v) is 10.2. The van der Waals surface area contributed by atoms with E-state index in [-0.39, 0.29) is 11.3 Å². The largest absolute Gasteiger partial charge is 0.478 e. The first-order valence-electron chi connectivity index (χ1n) is 5.04. The quantitative estimate of drug-likeness (QED) is 0.518. The van der Waals surface area contributed by atoms with E-state index in [4.69, 9.17) is 5.11 Å². The third-order valence-corrected chi connectivity index (χ3v) is 3.10. The number of carboxylic acids is 1. The van der Waals surface area contributed by atoms with Crippen LogP contribution in [0.3, 0.4) is 0 Å². The minimum absolute atomic E-state index is 0.134. The molecule has 0 bridgehead atoms. The van der Waals surface area contributed by atoms with Crippen molar-refractivity contribution in [2.75, 3.05) is 0 Å². The third-order valence-electron chi connectivity index (χ3n) is 2.15. The van der Waals surface area contributed by atoms with Crippen LogP contribution in [0.2, 0.25) is 0 Å². The van der Waals surface area contributed by atoms with E-state index in [1.165, 1.54) is 24.5 Å². The lowest BCUT2D eigenvalue weighted by molar-refractivity contribution is -0.387. The molecule has 0 aliphatic heterocycles. The Morgan fingerprint density at radius 2 is 2.00 bits per heavy atom. The maximum absolute atomic E-state index is 10.9. The SMILES string of the molecule is O=C(O)c1ccc(Sc2ncccn2)c([N+](=O)[O-])c1. The van der Waals surface area contributed by atoms with E-state index in [2.05, 4.69) is 9.97 Å². The van der Waals surface area contributed by atoms with Gasteiger partial charge < -0.3 is 5.11 Å². The summed E-state index contributed by atoms with van der Waals surface area (Å²) in [5.41, 5.74) is -0.414. The summed E-state index contributed by atoms with van der Waals surface area (Å²) in [6.45, 7) is 0. The van der Waals surface area contributed by atoms with Crippen molar-refractivity contribution in [1.82, 2.24) is 9.97 Å². The van der Waals surface area contributed by atoms with Gasteiger partial charge in [0.1, 0.15) is 0 Å². The number of benzene rings is 1. The lowest BCUT2D eigenvalue weighted by Gasteiger charge is -2.02. The van der Waals surface area contributed by atoms with Crippen LogP contribution < -0.4 is 0 Å². The summed E-state index contributed by atoms with van der Waals surface area (Å²) in [5, 5.41) is 20.1. The van der Waals surface area contributed by atoms with Crippen LogP contribution >= 0.6 is 11.8 Å². The highest BCUT2D eigenvalue weighted by Crippen LogP contribution is 2.33. The number of rotatable bonds is 4. The number of hydrogen-bond donors (Lipinski definition) is 1. The molecular weight excluding hydrogens is 270 g/mol. The molecule has 0 aliphatic carbocycles. The first-order chi connectivity index (χ1) is 9.08. The second-order valence-electron chi connectivity index (χ2n) is 3.38. The van der Waals surface area contributed by atoms with Crippen LogP contribution in [0.15, 0.2) is 46.7 Å². The average molecular weight is 277 g/mol. The van der Waals surface area contributed by atoms with E-state index in [0.29, 0.717) is 10.1 Å². The van der Waals surface area contributed by atoms with Crippen molar-refractivity contribution in [3.8, 4) is 0 Å². The van der Waals surface area contributed by atoms with Crippen LogP contribution in [0.4, 0.5) is 5.69 Å². The van der Waals surface area contributed by atoms with Gasteiger partial charge in [0.25, 0.3) is 5.69 Å². The highest BCUT2D eigenvalue weighted by molar-refractivity contribution is 7.99. The molecule has 1 aromatic heterocycles. The minimum Gasteiger partial charge on any atom is -0.478 e. The van der Waals surface area contributed by atoms with E-state index >= 15 is 0 Å². The molecular formula is C11H7N3O4S. The number of nitro benzene ring substituents is 1. The second kappa shape index (κ2) is 5.44. The average Bonchev–Trinajstić information content (AvgIpc) is 2.39. The number of carbonyl (C=O) groups is 1. The Kier molecular flexibility index (Phi) is 3.71. The maximum atomic E-state index is 10.9. The summed E-state index contributed by atoms with van der Waals surface area (Å²) in [7, 11) is 0. The van der Waals surface area contributed by atoms with Crippen LogP contribution in [0, 0.1) is 10.1 Å². The van der Waals surface area contributed by atoms with Crippen LogP contribution in [0.1, 0.15) is 10.4 Å².